The Bertz CT molecular complexity index is 227. The standard InChI is InChI=1S/C10H19NO4.Na.H/c1-9(2,3)14-7(12)11-8(13)15-10(4,5)6;;/h1-6H3,(H,11,12,13);;. The molecule has 0 atom stereocenters. The van der Waals surface area contributed by atoms with Crippen molar-refractivity contribution in [2.24, 2.45) is 0 Å². The van der Waals surface area contributed by atoms with Crippen molar-refractivity contribution in [3.8, 4) is 0 Å². The van der Waals surface area contributed by atoms with Crippen LogP contribution >= 0.6 is 0 Å². The van der Waals surface area contributed by atoms with E-state index in [1.165, 1.54) is 0 Å². The van der Waals surface area contributed by atoms with Gasteiger partial charge in [-0.25, -0.2) is 14.9 Å². The number of nitrogens with one attached hydrogen (secondary N) is 1. The second kappa shape index (κ2) is 6.47. The van der Waals surface area contributed by atoms with Gasteiger partial charge in [-0.2, -0.15) is 0 Å². The van der Waals surface area contributed by atoms with Crippen LogP contribution in [0.2, 0.25) is 0 Å². The molecule has 2 amide bonds. The molecule has 0 rings (SSSR count). The molecule has 0 saturated carbocycles. The molecule has 0 aromatic carbocycles. The summed E-state index contributed by atoms with van der Waals surface area (Å²) in [6, 6.07) is 0. The molecule has 0 aliphatic carbocycles. The molecule has 5 nitrogen and oxygen atoms in total. The number of carbonyl (C=O) groups is 2. The van der Waals surface area contributed by atoms with Crippen LogP contribution in [0.3, 0.4) is 0 Å². The Kier molecular flexibility index (Phi) is 7.32. The van der Waals surface area contributed by atoms with Gasteiger partial charge in [0.2, 0.25) is 0 Å². The molecule has 16 heavy (non-hydrogen) atoms. The van der Waals surface area contributed by atoms with E-state index >= 15 is 0 Å². The first-order valence-electron chi connectivity index (χ1n) is 4.72. The average Bonchev–Trinajstić information content (AvgIpc) is 1.73. The fourth-order valence-electron chi connectivity index (χ4n) is 0.691. The number of ether oxygens (including phenoxy) is 2. The Morgan fingerprint density at radius 2 is 1.06 bits per heavy atom. The number of hydrogen-bond donors (Lipinski definition) is 1. The predicted molar refractivity (Wildman–Crippen MR) is 62.8 cm³/mol. The Labute approximate surface area is 119 Å². The molecule has 0 heterocycles. The van der Waals surface area contributed by atoms with Gasteiger partial charge in [0, 0.05) is 0 Å². The van der Waals surface area contributed by atoms with Crippen LogP contribution in [0, 0.1) is 0 Å². The average molecular weight is 241 g/mol. The summed E-state index contributed by atoms with van der Waals surface area (Å²) >= 11 is 0. The number of amides is 2. The van der Waals surface area contributed by atoms with Crippen LogP contribution in [0.1, 0.15) is 41.5 Å². The molecule has 0 spiro atoms. The topological polar surface area (TPSA) is 64.6 Å². The van der Waals surface area contributed by atoms with Gasteiger partial charge >= 0.3 is 41.7 Å². The van der Waals surface area contributed by atoms with E-state index in [1.54, 1.807) is 41.5 Å². The van der Waals surface area contributed by atoms with Gasteiger partial charge in [-0.05, 0) is 41.5 Å². The minimum atomic E-state index is -0.809. The first kappa shape index (κ1) is 18.1. The normalized spacial score (nSPS) is 11.1. The maximum atomic E-state index is 11.1. The van der Waals surface area contributed by atoms with Crippen LogP contribution in [0.4, 0.5) is 9.59 Å². The van der Waals surface area contributed by atoms with Crippen molar-refractivity contribution in [3.63, 3.8) is 0 Å². The van der Waals surface area contributed by atoms with Crippen LogP contribution in [0.5, 0.6) is 0 Å². The minimum absolute atomic E-state index is 0. The number of carbonyl (C=O) groups excluding carboxylic acids is 2. The molecule has 0 unspecified atom stereocenters. The van der Waals surface area contributed by atoms with Crippen LogP contribution in [0.15, 0.2) is 0 Å². The van der Waals surface area contributed by atoms with E-state index in [9.17, 15) is 9.59 Å². The van der Waals surface area contributed by atoms with Crippen molar-refractivity contribution in [1.82, 2.24) is 5.32 Å². The summed E-state index contributed by atoms with van der Waals surface area (Å²) in [4.78, 5) is 22.2. The van der Waals surface area contributed by atoms with Gasteiger partial charge in [0.1, 0.15) is 11.2 Å². The summed E-state index contributed by atoms with van der Waals surface area (Å²) in [5.41, 5.74) is -1.27. The van der Waals surface area contributed by atoms with Crippen LogP contribution in [0.25, 0.3) is 0 Å². The zero-order chi connectivity index (χ0) is 12.3. The van der Waals surface area contributed by atoms with Crippen molar-refractivity contribution in [3.05, 3.63) is 0 Å². The summed E-state index contributed by atoms with van der Waals surface area (Å²) in [5.74, 6) is 0. The predicted octanol–water partition coefficient (Wildman–Crippen LogP) is 1.80. The van der Waals surface area contributed by atoms with E-state index in [-0.39, 0.29) is 29.6 Å². The molecule has 0 aliphatic rings. The summed E-state index contributed by atoms with van der Waals surface area (Å²) in [6.45, 7) is 10.3. The Morgan fingerprint density at radius 3 is 1.25 bits per heavy atom. The van der Waals surface area contributed by atoms with Gasteiger partial charge in [-0.1, -0.05) is 0 Å². The van der Waals surface area contributed by atoms with E-state index < -0.39 is 23.4 Å². The van der Waals surface area contributed by atoms with Gasteiger partial charge < -0.3 is 9.47 Å². The molecular formula is C10H20NNaO4. The monoisotopic (exact) mass is 241 g/mol. The quantitative estimate of drug-likeness (QED) is 0.657. The van der Waals surface area contributed by atoms with Crippen molar-refractivity contribution < 1.29 is 19.1 Å². The van der Waals surface area contributed by atoms with Crippen molar-refractivity contribution in [2.45, 2.75) is 52.7 Å². The van der Waals surface area contributed by atoms with E-state index in [4.69, 9.17) is 9.47 Å². The van der Waals surface area contributed by atoms with Gasteiger partial charge in [0.25, 0.3) is 0 Å². The number of imide groups is 1. The molecule has 0 bridgehead atoms. The Morgan fingerprint density at radius 1 is 0.812 bits per heavy atom. The molecule has 0 fully saturated rings. The molecule has 0 radical (unpaired) electrons. The second-order valence-electron chi connectivity index (χ2n) is 5.13. The van der Waals surface area contributed by atoms with Gasteiger partial charge in [0.05, 0.1) is 0 Å². The SMILES string of the molecule is CC(C)(C)OC(=O)NC(=O)OC(C)(C)C.[NaH]. The van der Waals surface area contributed by atoms with E-state index in [2.05, 4.69) is 0 Å². The Hall–Kier alpha value is -0.260. The fourth-order valence-corrected chi connectivity index (χ4v) is 0.691. The molecule has 0 aromatic rings. The van der Waals surface area contributed by atoms with E-state index in [0.717, 1.165) is 0 Å². The molecule has 0 saturated heterocycles. The van der Waals surface area contributed by atoms with Crippen molar-refractivity contribution >= 4 is 41.7 Å². The van der Waals surface area contributed by atoms with Gasteiger partial charge in [-0.15, -0.1) is 0 Å². The molecular weight excluding hydrogens is 221 g/mol. The van der Waals surface area contributed by atoms with Crippen LogP contribution in [-0.2, 0) is 9.47 Å². The number of rotatable bonds is 0. The second-order valence-corrected chi connectivity index (χ2v) is 5.13. The summed E-state index contributed by atoms with van der Waals surface area (Å²) in [5, 5.41) is 1.97. The summed E-state index contributed by atoms with van der Waals surface area (Å²) in [7, 11) is 0. The third-order valence-corrected chi connectivity index (χ3v) is 1.00. The van der Waals surface area contributed by atoms with Crippen LogP contribution in [-0.4, -0.2) is 52.9 Å². The van der Waals surface area contributed by atoms with Gasteiger partial charge in [-0.3, -0.25) is 0 Å². The number of alkyl carbamates (subject to hydrolysis) is 2. The molecule has 90 valence electrons. The third-order valence-electron chi connectivity index (χ3n) is 1.00. The first-order chi connectivity index (χ1) is 6.49. The van der Waals surface area contributed by atoms with E-state index in [0.29, 0.717) is 0 Å². The van der Waals surface area contributed by atoms with Crippen molar-refractivity contribution in [1.29, 1.82) is 0 Å². The maximum absolute atomic E-state index is 11.1. The first-order valence-corrected chi connectivity index (χ1v) is 4.72. The molecule has 0 aliphatic heterocycles. The third kappa shape index (κ3) is 11.8. The zero-order valence-corrected chi connectivity index (χ0v) is 10.1. The summed E-state index contributed by atoms with van der Waals surface area (Å²) < 4.78 is 9.74. The van der Waals surface area contributed by atoms with Crippen LogP contribution < -0.4 is 5.32 Å². The van der Waals surface area contributed by atoms with Gasteiger partial charge in [0.15, 0.2) is 0 Å². The molecule has 0 aromatic heterocycles. The summed E-state index contributed by atoms with van der Waals surface area (Å²) in [6.07, 6.45) is -1.62. The van der Waals surface area contributed by atoms with Crippen molar-refractivity contribution in [2.75, 3.05) is 0 Å². The number of hydrogen-bond acceptors (Lipinski definition) is 4. The molecule has 1 N–H and O–H groups in total. The fraction of sp³-hybridized carbons (Fsp3) is 0.800. The van der Waals surface area contributed by atoms with E-state index in [1.807, 2.05) is 5.32 Å². The molecule has 6 heteroatoms. The Balaban J connectivity index is 0. The zero-order valence-electron chi connectivity index (χ0n) is 10.1.